The summed E-state index contributed by atoms with van der Waals surface area (Å²) in [6.07, 6.45) is -4.51. The molecule has 0 radical (unpaired) electrons. The molecule has 1 aromatic carbocycles. The second-order valence-electron chi connectivity index (χ2n) is 8.51. The van der Waals surface area contributed by atoms with E-state index >= 15 is 0 Å². The van der Waals surface area contributed by atoms with Crippen LogP contribution < -0.4 is 15.3 Å². The van der Waals surface area contributed by atoms with Crippen molar-refractivity contribution in [2.45, 2.75) is 57.1 Å². The molecule has 38 heavy (non-hydrogen) atoms. The Balaban J connectivity index is 1.91. The predicted molar refractivity (Wildman–Crippen MR) is 134 cm³/mol. The van der Waals surface area contributed by atoms with Crippen molar-refractivity contribution in [3.05, 3.63) is 68.2 Å². The molecule has 15 nitrogen and oxygen atoms in total. The quantitative estimate of drug-likeness (QED) is 0.0769. The summed E-state index contributed by atoms with van der Waals surface area (Å²) in [4.78, 5) is 29.7. The molecule has 1 aliphatic rings. The minimum atomic E-state index is -4.46. The van der Waals surface area contributed by atoms with Gasteiger partial charge in [-0.05, 0) is 44.5 Å². The van der Waals surface area contributed by atoms with Crippen LogP contribution in [0.3, 0.4) is 0 Å². The molecule has 0 saturated carbocycles. The van der Waals surface area contributed by atoms with Crippen molar-refractivity contribution in [1.82, 2.24) is 14.6 Å². The van der Waals surface area contributed by atoms with E-state index < -0.39 is 62.3 Å². The third kappa shape index (κ3) is 6.87. The number of hydrogen-bond acceptors (Lipinski definition) is 11. The lowest BCUT2D eigenvalue weighted by Crippen LogP contribution is -2.45. The van der Waals surface area contributed by atoms with Gasteiger partial charge in [0.1, 0.15) is 28.6 Å². The molecule has 1 aliphatic heterocycles. The molecule has 2 aromatic rings. The first-order valence-electron chi connectivity index (χ1n) is 11.3. The van der Waals surface area contributed by atoms with Gasteiger partial charge in [0.25, 0.3) is 0 Å². The summed E-state index contributed by atoms with van der Waals surface area (Å²) in [7, 11) is -4.46. The van der Waals surface area contributed by atoms with E-state index in [9.17, 15) is 29.9 Å². The highest BCUT2D eigenvalue weighted by molar-refractivity contribution is 7.71. The summed E-state index contributed by atoms with van der Waals surface area (Å²) in [5, 5.41) is 27.3. The molecule has 0 aliphatic carbocycles. The van der Waals surface area contributed by atoms with Crippen LogP contribution in [0.2, 0.25) is 0 Å². The van der Waals surface area contributed by atoms with Gasteiger partial charge in [0.05, 0.1) is 12.7 Å². The van der Waals surface area contributed by atoms with Gasteiger partial charge in [-0.15, -0.1) is 0 Å². The Morgan fingerprint density at radius 1 is 1.34 bits per heavy atom. The van der Waals surface area contributed by atoms with Crippen molar-refractivity contribution in [3.63, 3.8) is 0 Å². The van der Waals surface area contributed by atoms with Crippen LogP contribution in [-0.2, 0) is 23.4 Å². The molecule has 2 heterocycles. The molecule has 1 saturated heterocycles. The Morgan fingerprint density at radius 3 is 2.63 bits per heavy atom. The molecule has 4 N–H and O–H groups in total. The molecule has 0 amide bonds. The van der Waals surface area contributed by atoms with Crippen molar-refractivity contribution in [2.75, 3.05) is 6.61 Å². The average molecular weight is 571 g/mol. The first-order valence-corrected chi connectivity index (χ1v) is 13.2. The first kappa shape index (κ1) is 29.5. The maximum absolute atomic E-state index is 13.7. The van der Waals surface area contributed by atoms with E-state index in [4.69, 9.17) is 30.7 Å². The van der Waals surface area contributed by atoms with Gasteiger partial charge in [-0.25, -0.2) is 9.36 Å². The smallest absolute Gasteiger partial charge is 0.459 e. The summed E-state index contributed by atoms with van der Waals surface area (Å²) >= 11 is 4.89. The predicted octanol–water partition coefficient (Wildman–Crippen LogP) is 2.30. The van der Waals surface area contributed by atoms with Gasteiger partial charge in [0.2, 0.25) is 5.72 Å². The summed E-state index contributed by atoms with van der Waals surface area (Å²) in [6, 6.07) is 8.01. The number of H-pyrrole nitrogens is 1. The van der Waals surface area contributed by atoms with Gasteiger partial charge >= 0.3 is 19.4 Å². The number of azide groups is 1. The molecule has 1 aromatic heterocycles. The van der Waals surface area contributed by atoms with E-state index in [2.05, 4.69) is 20.1 Å². The van der Waals surface area contributed by atoms with Gasteiger partial charge in [-0.1, -0.05) is 35.5 Å². The zero-order chi connectivity index (χ0) is 28.1. The van der Waals surface area contributed by atoms with Crippen LogP contribution in [0.25, 0.3) is 10.4 Å². The van der Waals surface area contributed by atoms with E-state index in [1.165, 1.54) is 31.3 Å². The molecule has 3 rings (SSSR count). The Labute approximate surface area is 221 Å². The second kappa shape index (κ2) is 12.2. The zero-order valence-corrected chi connectivity index (χ0v) is 22.2. The Bertz CT molecular complexity index is 1350. The fourth-order valence-electron chi connectivity index (χ4n) is 3.44. The lowest BCUT2D eigenvalue weighted by molar-refractivity contribution is -0.149. The van der Waals surface area contributed by atoms with Crippen LogP contribution in [-0.4, -0.2) is 62.4 Å². The number of para-hydroxylation sites is 1. The topological polar surface area (TPSA) is 210 Å². The lowest BCUT2D eigenvalue weighted by atomic mass is 10.1. The van der Waals surface area contributed by atoms with Crippen LogP contribution in [0.15, 0.2) is 52.5 Å². The minimum absolute atomic E-state index is 0.0995. The number of aliphatic hydroxyl groups is 2. The molecular weight excluding hydrogens is 543 g/mol. The normalized spacial score (nSPS) is 25.3. The van der Waals surface area contributed by atoms with Gasteiger partial charge < -0.3 is 24.2 Å². The number of carbonyl (C=O) groups excluding carboxylic acids is 1. The highest BCUT2D eigenvalue weighted by Gasteiger charge is 2.56. The molecular formula is C21H27N6O9PS. The standard InChI is InChI=1S/C21H27N6O9PS/c1-12(2)34-19(30)13(3)24-37(32,36-14-7-5-4-6-8-14)33-11-21(25-26-22)17(29)16(28)18(35-21)27-10-9-15(38)23-20(27)31/h4-10,12-13,16-18,28-29H,11H2,1-3H3,(H,24,32)(H,23,31,38)/t13-,16?,17+,18+,21+,37?/m0/s1. The number of nitrogens with zero attached hydrogens (tertiary/aromatic N) is 4. The highest BCUT2D eigenvalue weighted by Crippen LogP contribution is 2.48. The number of nitrogens with one attached hydrogen (secondary N) is 2. The Morgan fingerprint density at radius 2 is 2.03 bits per heavy atom. The summed E-state index contributed by atoms with van der Waals surface area (Å²) in [5.74, 6) is -0.652. The van der Waals surface area contributed by atoms with Gasteiger partial charge in [0, 0.05) is 11.1 Å². The van der Waals surface area contributed by atoms with E-state index in [0.717, 1.165) is 4.57 Å². The first-order chi connectivity index (χ1) is 17.9. The monoisotopic (exact) mass is 570 g/mol. The number of esters is 1. The summed E-state index contributed by atoms with van der Waals surface area (Å²) < 4.78 is 36.5. The van der Waals surface area contributed by atoms with E-state index in [-0.39, 0.29) is 10.4 Å². The second-order valence-corrected chi connectivity index (χ2v) is 10.6. The van der Waals surface area contributed by atoms with Gasteiger partial charge in [0.15, 0.2) is 6.23 Å². The number of rotatable bonds is 11. The van der Waals surface area contributed by atoms with Crippen molar-refractivity contribution < 1.29 is 38.1 Å². The number of hydrogen-bond donors (Lipinski definition) is 4. The third-order valence-corrected chi connectivity index (χ3v) is 7.07. The number of aromatic nitrogens is 2. The molecule has 6 atom stereocenters. The Hall–Kier alpha value is -3.07. The molecule has 0 bridgehead atoms. The van der Waals surface area contributed by atoms with Crippen LogP contribution in [0.1, 0.15) is 27.0 Å². The largest absolute Gasteiger partial charge is 0.462 e. The van der Waals surface area contributed by atoms with Crippen molar-refractivity contribution in [1.29, 1.82) is 0 Å². The van der Waals surface area contributed by atoms with Crippen LogP contribution >= 0.6 is 20.0 Å². The zero-order valence-electron chi connectivity index (χ0n) is 20.5. The molecule has 1 fully saturated rings. The summed E-state index contributed by atoms with van der Waals surface area (Å²) in [6.45, 7) is 3.71. The number of aliphatic hydroxyl groups excluding tert-OH is 2. The lowest BCUT2D eigenvalue weighted by Gasteiger charge is -2.29. The SMILES string of the molecule is CC(C)OC(=O)[C@H](C)NP(=O)(OC[C@@]1(N=[N+]=[N-])O[C@@H](n2ccc(=S)[nH]c2=O)C(O)[C@H]1O)Oc1ccccc1. The molecule has 2 unspecified atom stereocenters. The maximum atomic E-state index is 13.7. The molecule has 206 valence electrons. The number of carbonyl (C=O) groups is 1. The van der Waals surface area contributed by atoms with Crippen LogP contribution in [0.5, 0.6) is 5.75 Å². The molecule has 17 heteroatoms. The highest BCUT2D eigenvalue weighted by atomic mass is 32.1. The molecule has 0 spiro atoms. The third-order valence-electron chi connectivity index (χ3n) is 5.21. The summed E-state index contributed by atoms with van der Waals surface area (Å²) in [5.41, 5.74) is 6.04. The average Bonchev–Trinajstić information content (AvgIpc) is 3.09. The van der Waals surface area contributed by atoms with Crippen LogP contribution in [0.4, 0.5) is 0 Å². The van der Waals surface area contributed by atoms with E-state index in [0.29, 0.717) is 0 Å². The van der Waals surface area contributed by atoms with E-state index in [1.54, 1.807) is 32.0 Å². The van der Waals surface area contributed by atoms with Gasteiger partial charge in [-0.3, -0.25) is 18.9 Å². The van der Waals surface area contributed by atoms with Crippen LogP contribution in [0, 0.1) is 4.64 Å². The number of ether oxygens (including phenoxy) is 2. The fraction of sp³-hybridized carbons (Fsp3) is 0.476. The number of aromatic amines is 1. The van der Waals surface area contributed by atoms with E-state index in [1.807, 2.05) is 0 Å². The minimum Gasteiger partial charge on any atom is -0.462 e. The van der Waals surface area contributed by atoms with Gasteiger partial charge in [-0.2, -0.15) is 5.09 Å². The van der Waals surface area contributed by atoms with Crippen molar-refractivity contribution >= 4 is 25.9 Å². The van der Waals surface area contributed by atoms with Crippen molar-refractivity contribution in [2.24, 2.45) is 5.11 Å². The fourth-order valence-corrected chi connectivity index (χ4v) is 5.10. The van der Waals surface area contributed by atoms with Crippen molar-refractivity contribution in [3.8, 4) is 5.75 Å². The maximum Gasteiger partial charge on any atom is 0.459 e. The number of benzene rings is 1. The Kier molecular flexibility index (Phi) is 9.46.